The summed E-state index contributed by atoms with van der Waals surface area (Å²) >= 11 is 1.65. The highest BCUT2D eigenvalue weighted by molar-refractivity contribution is 7.10. The number of hydrogen-bond donors (Lipinski definition) is 0. The number of benzene rings is 2. The van der Waals surface area contributed by atoms with E-state index in [-0.39, 0.29) is 11.9 Å². The quantitative estimate of drug-likeness (QED) is 0.592. The van der Waals surface area contributed by atoms with Gasteiger partial charge in [0, 0.05) is 37.1 Å². The van der Waals surface area contributed by atoms with Crippen molar-refractivity contribution >= 4 is 23.3 Å². The van der Waals surface area contributed by atoms with Crippen molar-refractivity contribution in [1.29, 1.82) is 0 Å². The first-order valence-corrected chi connectivity index (χ1v) is 10.5. The van der Waals surface area contributed by atoms with Gasteiger partial charge in [0.05, 0.1) is 6.04 Å². The van der Waals surface area contributed by atoms with Crippen molar-refractivity contribution in [2.75, 3.05) is 26.2 Å². The van der Waals surface area contributed by atoms with Crippen molar-refractivity contribution in [3.8, 4) is 0 Å². The van der Waals surface area contributed by atoms with E-state index in [4.69, 9.17) is 0 Å². The summed E-state index contributed by atoms with van der Waals surface area (Å²) in [6.45, 7) is 3.24. The Morgan fingerprint density at radius 3 is 1.96 bits per heavy atom. The molecule has 0 N–H and O–H groups in total. The van der Waals surface area contributed by atoms with E-state index < -0.39 is 0 Å². The molecule has 1 aliphatic rings. The van der Waals surface area contributed by atoms with Crippen molar-refractivity contribution < 1.29 is 4.79 Å². The van der Waals surface area contributed by atoms with Crippen molar-refractivity contribution in [2.24, 2.45) is 0 Å². The maximum Gasteiger partial charge on any atom is 0.246 e. The molecule has 0 spiro atoms. The van der Waals surface area contributed by atoms with Crippen LogP contribution < -0.4 is 0 Å². The summed E-state index contributed by atoms with van der Waals surface area (Å²) in [6, 6.07) is 25.5. The molecule has 1 aliphatic heterocycles. The van der Waals surface area contributed by atoms with Crippen molar-refractivity contribution in [1.82, 2.24) is 9.80 Å². The van der Waals surface area contributed by atoms with E-state index in [0.717, 1.165) is 31.1 Å². The van der Waals surface area contributed by atoms with Crippen LogP contribution in [0.4, 0.5) is 0 Å². The lowest BCUT2D eigenvalue weighted by atomic mass is 9.96. The highest BCUT2D eigenvalue weighted by Gasteiger charge is 2.27. The molecular formula is C24H24N2OS. The zero-order chi connectivity index (χ0) is 19.2. The molecule has 0 bridgehead atoms. The zero-order valence-electron chi connectivity index (χ0n) is 15.8. The molecule has 4 rings (SSSR count). The van der Waals surface area contributed by atoms with Crippen molar-refractivity contribution in [2.45, 2.75) is 6.04 Å². The molecular weight excluding hydrogens is 364 g/mol. The number of thiophene rings is 1. The Hall–Kier alpha value is -2.69. The molecule has 0 unspecified atom stereocenters. The number of rotatable bonds is 5. The van der Waals surface area contributed by atoms with Crippen LogP contribution in [0.15, 0.2) is 84.3 Å². The highest BCUT2D eigenvalue weighted by atomic mass is 32.1. The van der Waals surface area contributed by atoms with Crippen LogP contribution in [0.3, 0.4) is 0 Å². The van der Waals surface area contributed by atoms with Gasteiger partial charge < -0.3 is 4.90 Å². The Bertz CT molecular complexity index is 859. The van der Waals surface area contributed by atoms with Gasteiger partial charge in [0.2, 0.25) is 5.91 Å². The fourth-order valence-electron chi connectivity index (χ4n) is 3.73. The molecule has 28 heavy (non-hydrogen) atoms. The second-order valence-electron chi connectivity index (χ2n) is 6.93. The predicted molar refractivity (Wildman–Crippen MR) is 116 cm³/mol. The summed E-state index contributed by atoms with van der Waals surface area (Å²) in [5.74, 6) is 0.101. The molecule has 0 atom stereocenters. The van der Waals surface area contributed by atoms with Crippen LogP contribution >= 0.6 is 11.3 Å². The van der Waals surface area contributed by atoms with E-state index in [9.17, 15) is 4.79 Å². The first-order valence-electron chi connectivity index (χ1n) is 9.66. The number of piperazine rings is 1. The molecule has 1 saturated heterocycles. The minimum absolute atomic E-state index is 0.101. The summed E-state index contributed by atoms with van der Waals surface area (Å²) in [5.41, 5.74) is 2.59. The van der Waals surface area contributed by atoms with Crippen molar-refractivity contribution in [3.63, 3.8) is 0 Å². The van der Waals surface area contributed by atoms with E-state index in [2.05, 4.69) is 65.6 Å². The summed E-state index contributed by atoms with van der Waals surface area (Å²) in [6.07, 6.45) is 3.61. The first-order chi connectivity index (χ1) is 13.8. The maximum atomic E-state index is 12.5. The normalized spacial score (nSPS) is 15.4. The molecule has 2 heterocycles. The van der Waals surface area contributed by atoms with Crippen LogP contribution in [-0.2, 0) is 4.79 Å². The van der Waals surface area contributed by atoms with Gasteiger partial charge in [-0.05, 0) is 28.6 Å². The molecule has 142 valence electrons. The molecule has 3 aromatic rings. The summed E-state index contributed by atoms with van der Waals surface area (Å²) in [4.78, 5) is 18.1. The molecule has 1 amide bonds. The number of amides is 1. The lowest BCUT2D eigenvalue weighted by Crippen LogP contribution is -2.49. The number of hydrogen-bond acceptors (Lipinski definition) is 3. The van der Waals surface area contributed by atoms with Gasteiger partial charge in [-0.2, -0.15) is 0 Å². The van der Waals surface area contributed by atoms with Gasteiger partial charge in [-0.15, -0.1) is 11.3 Å². The largest absolute Gasteiger partial charge is 0.337 e. The van der Waals surface area contributed by atoms with Crippen LogP contribution in [0.1, 0.15) is 22.0 Å². The Morgan fingerprint density at radius 2 is 1.43 bits per heavy atom. The Balaban J connectivity index is 1.45. The summed E-state index contributed by atoms with van der Waals surface area (Å²) < 4.78 is 0. The monoisotopic (exact) mass is 388 g/mol. The molecule has 2 aromatic carbocycles. The third-order valence-corrected chi connectivity index (χ3v) is 5.99. The van der Waals surface area contributed by atoms with Crippen LogP contribution in [0.25, 0.3) is 6.08 Å². The first kappa shape index (κ1) is 18.7. The second-order valence-corrected chi connectivity index (χ2v) is 7.91. The molecule has 1 fully saturated rings. The van der Waals surface area contributed by atoms with E-state index in [1.165, 1.54) is 11.1 Å². The smallest absolute Gasteiger partial charge is 0.246 e. The van der Waals surface area contributed by atoms with E-state index in [1.54, 1.807) is 17.4 Å². The van der Waals surface area contributed by atoms with Crippen molar-refractivity contribution in [3.05, 3.63) is 100 Å². The van der Waals surface area contributed by atoms with Gasteiger partial charge in [0.1, 0.15) is 0 Å². The van der Waals surface area contributed by atoms with Gasteiger partial charge in [-0.1, -0.05) is 66.7 Å². The average molecular weight is 389 g/mol. The lowest BCUT2D eigenvalue weighted by Gasteiger charge is -2.39. The van der Waals surface area contributed by atoms with Crippen LogP contribution in [0.5, 0.6) is 0 Å². The SMILES string of the molecule is O=C(C=Cc1cccs1)N1CCN(C(c2ccccc2)c2ccccc2)CC1. The molecule has 4 heteroatoms. The molecule has 1 aromatic heterocycles. The minimum Gasteiger partial charge on any atom is -0.337 e. The topological polar surface area (TPSA) is 23.6 Å². The summed E-state index contributed by atoms with van der Waals surface area (Å²) in [7, 11) is 0. The highest BCUT2D eigenvalue weighted by Crippen LogP contribution is 2.29. The molecule has 0 radical (unpaired) electrons. The molecule has 0 aliphatic carbocycles. The van der Waals surface area contributed by atoms with E-state index in [0.29, 0.717) is 0 Å². The minimum atomic E-state index is 0.101. The Morgan fingerprint density at radius 1 is 0.821 bits per heavy atom. The van der Waals surface area contributed by atoms with Gasteiger partial charge in [0.15, 0.2) is 0 Å². The fourth-order valence-corrected chi connectivity index (χ4v) is 4.35. The zero-order valence-corrected chi connectivity index (χ0v) is 16.6. The van der Waals surface area contributed by atoms with Crippen LogP contribution in [0, 0.1) is 0 Å². The van der Waals surface area contributed by atoms with E-state index >= 15 is 0 Å². The van der Waals surface area contributed by atoms with Gasteiger partial charge in [0.25, 0.3) is 0 Å². The van der Waals surface area contributed by atoms with Gasteiger partial charge >= 0.3 is 0 Å². The maximum absolute atomic E-state index is 12.5. The Labute approximate surface area is 170 Å². The standard InChI is InChI=1S/C24H24N2OS/c27-23(14-13-22-12-7-19-28-22)25-15-17-26(18-16-25)24(20-8-3-1-4-9-20)21-10-5-2-6-11-21/h1-14,19,24H,15-18H2. The average Bonchev–Trinajstić information content (AvgIpc) is 3.28. The number of nitrogens with zero attached hydrogens (tertiary/aromatic N) is 2. The van der Waals surface area contributed by atoms with Gasteiger partial charge in [-0.25, -0.2) is 0 Å². The number of carbonyl (C=O) groups excluding carboxylic acids is 1. The molecule has 3 nitrogen and oxygen atoms in total. The Kier molecular flexibility index (Phi) is 6.00. The predicted octanol–water partition coefficient (Wildman–Crippen LogP) is 4.70. The second kappa shape index (κ2) is 9.00. The molecule has 0 saturated carbocycles. The third kappa shape index (κ3) is 4.41. The van der Waals surface area contributed by atoms with Gasteiger partial charge in [-0.3, -0.25) is 9.69 Å². The fraction of sp³-hybridized carbons (Fsp3) is 0.208. The number of carbonyl (C=O) groups is 1. The summed E-state index contributed by atoms with van der Waals surface area (Å²) in [5, 5.41) is 2.02. The third-order valence-electron chi connectivity index (χ3n) is 5.16. The van der Waals surface area contributed by atoms with Crippen LogP contribution in [-0.4, -0.2) is 41.9 Å². The lowest BCUT2D eigenvalue weighted by molar-refractivity contribution is -0.127. The van der Waals surface area contributed by atoms with Crippen LogP contribution in [0.2, 0.25) is 0 Å². The van der Waals surface area contributed by atoms with E-state index in [1.807, 2.05) is 28.5 Å².